The molecule has 2 aromatic carbocycles. The van der Waals surface area contributed by atoms with Crippen LogP contribution in [0.1, 0.15) is 28.8 Å². The lowest BCUT2D eigenvalue weighted by molar-refractivity contribution is -0.121. The monoisotopic (exact) mass is 425 g/mol. The molecule has 1 fully saturated rings. The molecule has 2 N–H and O–H groups in total. The highest BCUT2D eigenvalue weighted by Crippen LogP contribution is 2.13. The van der Waals surface area contributed by atoms with Gasteiger partial charge in [-0.25, -0.2) is 0 Å². The smallest absolute Gasteiger partial charge is 0.251 e. The Morgan fingerprint density at radius 2 is 1.81 bits per heavy atom. The minimum Gasteiger partial charge on any atom is -0.492 e. The first kappa shape index (κ1) is 22.8. The summed E-state index contributed by atoms with van der Waals surface area (Å²) in [6, 6.07) is 16.8. The van der Waals surface area contributed by atoms with Crippen molar-refractivity contribution >= 4 is 11.8 Å². The summed E-state index contributed by atoms with van der Waals surface area (Å²) in [6.45, 7) is 5.90. The summed E-state index contributed by atoms with van der Waals surface area (Å²) in [5, 5.41) is 5.76. The van der Waals surface area contributed by atoms with Gasteiger partial charge in [0.25, 0.3) is 5.91 Å². The zero-order valence-corrected chi connectivity index (χ0v) is 17.8. The van der Waals surface area contributed by atoms with Crippen molar-refractivity contribution < 1.29 is 19.1 Å². The van der Waals surface area contributed by atoms with Gasteiger partial charge in [0.1, 0.15) is 12.4 Å². The van der Waals surface area contributed by atoms with E-state index in [1.165, 1.54) is 0 Å². The summed E-state index contributed by atoms with van der Waals surface area (Å²) in [4.78, 5) is 26.4. The van der Waals surface area contributed by atoms with Gasteiger partial charge in [-0.15, -0.1) is 0 Å². The average Bonchev–Trinajstić information content (AvgIpc) is 2.82. The van der Waals surface area contributed by atoms with Crippen LogP contribution in [0.4, 0.5) is 0 Å². The van der Waals surface area contributed by atoms with E-state index >= 15 is 0 Å². The average molecular weight is 426 g/mol. The van der Waals surface area contributed by atoms with Crippen molar-refractivity contribution in [3.05, 3.63) is 65.7 Å². The number of nitrogens with zero attached hydrogens (tertiary/aromatic N) is 1. The van der Waals surface area contributed by atoms with Gasteiger partial charge in [-0.05, 0) is 36.2 Å². The van der Waals surface area contributed by atoms with Crippen molar-refractivity contribution in [3.8, 4) is 5.75 Å². The first-order valence-electron chi connectivity index (χ1n) is 10.8. The van der Waals surface area contributed by atoms with Crippen molar-refractivity contribution in [2.24, 2.45) is 0 Å². The van der Waals surface area contributed by atoms with Gasteiger partial charge in [-0.3, -0.25) is 14.5 Å². The molecular weight excluding hydrogens is 394 g/mol. The molecule has 1 heterocycles. The van der Waals surface area contributed by atoms with Gasteiger partial charge >= 0.3 is 0 Å². The van der Waals surface area contributed by atoms with E-state index in [1.807, 2.05) is 42.5 Å². The summed E-state index contributed by atoms with van der Waals surface area (Å²) in [5.74, 6) is 0.655. The molecule has 0 unspecified atom stereocenters. The topological polar surface area (TPSA) is 79.9 Å². The Balaban J connectivity index is 1.29. The molecule has 7 heteroatoms. The van der Waals surface area contributed by atoms with Crippen LogP contribution in [-0.2, 0) is 16.1 Å². The van der Waals surface area contributed by atoms with Gasteiger partial charge < -0.3 is 20.1 Å². The normalized spacial score (nSPS) is 14.1. The number of benzene rings is 2. The number of hydrogen-bond donors (Lipinski definition) is 2. The lowest BCUT2D eigenvalue weighted by atomic mass is 10.2. The van der Waals surface area contributed by atoms with E-state index in [4.69, 9.17) is 9.47 Å². The minimum absolute atomic E-state index is 0.0346. The second-order valence-electron chi connectivity index (χ2n) is 7.45. The van der Waals surface area contributed by atoms with Crippen LogP contribution >= 0.6 is 0 Å². The van der Waals surface area contributed by atoms with Crippen LogP contribution < -0.4 is 15.4 Å². The van der Waals surface area contributed by atoms with Crippen LogP contribution in [-0.4, -0.2) is 62.7 Å². The highest BCUT2D eigenvalue weighted by molar-refractivity contribution is 5.94. The Bertz CT molecular complexity index is 823. The van der Waals surface area contributed by atoms with Gasteiger partial charge in [0.05, 0.1) is 13.2 Å². The van der Waals surface area contributed by atoms with Crippen LogP contribution in [0.15, 0.2) is 54.6 Å². The molecule has 0 aromatic heterocycles. The summed E-state index contributed by atoms with van der Waals surface area (Å²) < 4.78 is 11.2. The van der Waals surface area contributed by atoms with E-state index in [0.29, 0.717) is 38.1 Å². The number of hydrogen-bond acceptors (Lipinski definition) is 5. The Kier molecular flexibility index (Phi) is 9.34. The van der Waals surface area contributed by atoms with Gasteiger partial charge in [0.2, 0.25) is 5.91 Å². The summed E-state index contributed by atoms with van der Waals surface area (Å²) in [5.41, 5.74) is 1.62. The van der Waals surface area contributed by atoms with Crippen LogP contribution in [0.5, 0.6) is 5.75 Å². The molecule has 1 saturated heterocycles. The maximum absolute atomic E-state index is 12.1. The molecule has 0 saturated carbocycles. The maximum atomic E-state index is 12.1. The van der Waals surface area contributed by atoms with Gasteiger partial charge in [0.15, 0.2) is 0 Å². The van der Waals surface area contributed by atoms with Crippen molar-refractivity contribution in [1.82, 2.24) is 15.5 Å². The van der Waals surface area contributed by atoms with Crippen LogP contribution in [0.3, 0.4) is 0 Å². The first-order chi connectivity index (χ1) is 15.2. The molecule has 2 amide bonds. The Morgan fingerprint density at radius 1 is 1.00 bits per heavy atom. The zero-order valence-electron chi connectivity index (χ0n) is 17.8. The second-order valence-corrected chi connectivity index (χ2v) is 7.45. The number of amides is 2. The lowest BCUT2D eigenvalue weighted by Gasteiger charge is -2.26. The molecular formula is C24H31N3O4. The largest absolute Gasteiger partial charge is 0.492 e. The highest BCUT2D eigenvalue weighted by Gasteiger charge is 2.10. The number of carbonyl (C=O) groups is 2. The molecule has 0 spiro atoms. The third kappa shape index (κ3) is 8.39. The molecule has 2 aromatic rings. The van der Waals surface area contributed by atoms with E-state index in [-0.39, 0.29) is 11.8 Å². The van der Waals surface area contributed by atoms with E-state index in [0.717, 1.165) is 44.2 Å². The lowest BCUT2D eigenvalue weighted by Crippen LogP contribution is -2.38. The highest BCUT2D eigenvalue weighted by atomic mass is 16.5. The number of rotatable bonds is 11. The van der Waals surface area contributed by atoms with E-state index < -0.39 is 0 Å². The number of carbonyl (C=O) groups excluding carboxylic acids is 2. The molecule has 0 aliphatic carbocycles. The van der Waals surface area contributed by atoms with Crippen molar-refractivity contribution in [3.63, 3.8) is 0 Å². The summed E-state index contributed by atoms with van der Waals surface area (Å²) in [7, 11) is 0. The molecule has 31 heavy (non-hydrogen) atoms. The van der Waals surface area contributed by atoms with E-state index in [9.17, 15) is 9.59 Å². The SMILES string of the molecule is O=C(CCCNC(=O)c1ccccc1)NCc1cccc(OCCN2CCOCC2)c1. The first-order valence-corrected chi connectivity index (χ1v) is 10.8. The molecule has 166 valence electrons. The number of morpholine rings is 1. The second kappa shape index (κ2) is 12.7. The summed E-state index contributed by atoms with van der Waals surface area (Å²) >= 11 is 0. The Hall–Kier alpha value is -2.90. The summed E-state index contributed by atoms with van der Waals surface area (Å²) in [6.07, 6.45) is 0.958. The number of nitrogens with one attached hydrogen (secondary N) is 2. The quantitative estimate of drug-likeness (QED) is 0.540. The third-order valence-corrected chi connectivity index (χ3v) is 5.07. The fourth-order valence-corrected chi connectivity index (χ4v) is 3.29. The van der Waals surface area contributed by atoms with Crippen molar-refractivity contribution in [2.45, 2.75) is 19.4 Å². The van der Waals surface area contributed by atoms with E-state index in [1.54, 1.807) is 12.1 Å². The van der Waals surface area contributed by atoms with Gasteiger partial charge in [-0.2, -0.15) is 0 Å². The van der Waals surface area contributed by atoms with Crippen molar-refractivity contribution in [2.75, 3.05) is 46.0 Å². The Morgan fingerprint density at radius 3 is 2.61 bits per heavy atom. The fraction of sp³-hybridized carbons (Fsp3) is 0.417. The number of ether oxygens (including phenoxy) is 2. The Labute approximate surface area is 183 Å². The van der Waals surface area contributed by atoms with Crippen LogP contribution in [0.25, 0.3) is 0 Å². The molecule has 3 rings (SSSR count). The molecule has 0 radical (unpaired) electrons. The predicted octanol–water partition coefficient (Wildman–Crippen LogP) is 2.22. The van der Waals surface area contributed by atoms with Gasteiger partial charge in [0, 0.05) is 44.7 Å². The van der Waals surface area contributed by atoms with Crippen LogP contribution in [0, 0.1) is 0 Å². The zero-order chi connectivity index (χ0) is 21.7. The molecule has 1 aliphatic heterocycles. The maximum Gasteiger partial charge on any atom is 0.251 e. The van der Waals surface area contributed by atoms with Gasteiger partial charge in [-0.1, -0.05) is 30.3 Å². The molecule has 7 nitrogen and oxygen atoms in total. The molecule has 1 aliphatic rings. The standard InChI is InChI=1S/C24H31N3O4/c28-23(10-5-11-25-24(29)21-7-2-1-3-8-21)26-19-20-6-4-9-22(18-20)31-17-14-27-12-15-30-16-13-27/h1-4,6-9,18H,5,10-17,19H2,(H,25,29)(H,26,28). The minimum atomic E-state index is -0.119. The fourth-order valence-electron chi connectivity index (χ4n) is 3.29. The molecule has 0 atom stereocenters. The van der Waals surface area contributed by atoms with E-state index in [2.05, 4.69) is 15.5 Å². The predicted molar refractivity (Wildman–Crippen MR) is 119 cm³/mol. The third-order valence-electron chi connectivity index (χ3n) is 5.07. The van der Waals surface area contributed by atoms with Crippen molar-refractivity contribution in [1.29, 1.82) is 0 Å². The molecule has 0 bridgehead atoms. The van der Waals surface area contributed by atoms with Crippen LogP contribution in [0.2, 0.25) is 0 Å².